The second-order valence-electron chi connectivity index (χ2n) is 9.54. The van der Waals surface area contributed by atoms with Crippen molar-refractivity contribution >= 4 is 33.3 Å². The summed E-state index contributed by atoms with van der Waals surface area (Å²) < 4.78 is 31.5. The fraction of sp³-hybridized carbons (Fsp3) is 0.308. The summed E-state index contributed by atoms with van der Waals surface area (Å²) >= 11 is 0. The number of aryl methyl sites for hydroxylation is 1. The molecule has 1 unspecified atom stereocenters. The Morgan fingerprint density at radius 1 is 1.22 bits per heavy atom. The Morgan fingerprint density at radius 3 is 2.65 bits per heavy atom. The van der Waals surface area contributed by atoms with Crippen molar-refractivity contribution in [1.29, 1.82) is 5.26 Å². The second kappa shape index (κ2) is 9.05. The van der Waals surface area contributed by atoms with Crippen LogP contribution in [-0.4, -0.2) is 41.0 Å². The SMILES string of the molecule is CC(=O)Nc1cc(-c2cc3c(c(S(=O)(=O)Nc4cccc(C#N)c4)c2)C(=O)N(C(C)C2CC2)C3)n(C)n1. The topological polar surface area (TPSA) is 137 Å². The van der Waals surface area contributed by atoms with E-state index in [-0.39, 0.29) is 34.0 Å². The summed E-state index contributed by atoms with van der Waals surface area (Å²) in [5, 5.41) is 16.1. The summed E-state index contributed by atoms with van der Waals surface area (Å²) in [6.07, 6.45) is 2.10. The third kappa shape index (κ3) is 4.68. The van der Waals surface area contributed by atoms with Crippen LogP contribution in [-0.2, 0) is 28.4 Å². The highest BCUT2D eigenvalue weighted by Crippen LogP contribution is 2.41. The molecule has 3 aromatic rings. The lowest BCUT2D eigenvalue weighted by Gasteiger charge is -2.24. The van der Waals surface area contributed by atoms with E-state index in [9.17, 15) is 23.3 Å². The van der Waals surface area contributed by atoms with Crippen LogP contribution in [0.5, 0.6) is 0 Å². The summed E-state index contributed by atoms with van der Waals surface area (Å²) in [4.78, 5) is 26.7. The van der Waals surface area contributed by atoms with Gasteiger partial charge in [0.25, 0.3) is 15.9 Å². The molecular weight excluding hydrogens is 492 g/mol. The van der Waals surface area contributed by atoms with E-state index in [0.717, 1.165) is 12.8 Å². The van der Waals surface area contributed by atoms with Crippen molar-refractivity contribution in [2.24, 2.45) is 13.0 Å². The molecule has 0 saturated heterocycles. The van der Waals surface area contributed by atoms with E-state index < -0.39 is 10.0 Å². The first kappa shape index (κ1) is 24.5. The predicted octanol–water partition coefficient (Wildman–Crippen LogP) is 3.47. The van der Waals surface area contributed by atoms with Crippen molar-refractivity contribution in [3.8, 4) is 17.3 Å². The van der Waals surface area contributed by atoms with Gasteiger partial charge >= 0.3 is 0 Å². The van der Waals surface area contributed by atoms with Crippen LogP contribution in [0.2, 0.25) is 0 Å². The molecule has 1 aromatic heterocycles. The van der Waals surface area contributed by atoms with E-state index in [1.165, 1.54) is 19.1 Å². The Balaban J connectivity index is 1.63. The van der Waals surface area contributed by atoms with Gasteiger partial charge in [0.05, 0.1) is 28.6 Å². The van der Waals surface area contributed by atoms with Crippen LogP contribution in [0.3, 0.4) is 0 Å². The Bertz CT molecular complexity index is 1580. The van der Waals surface area contributed by atoms with Crippen LogP contribution in [0.25, 0.3) is 11.3 Å². The molecule has 0 bridgehead atoms. The maximum absolute atomic E-state index is 13.7. The van der Waals surface area contributed by atoms with Gasteiger partial charge in [-0.15, -0.1) is 0 Å². The lowest BCUT2D eigenvalue weighted by Crippen LogP contribution is -2.35. The maximum Gasteiger partial charge on any atom is 0.262 e. The Morgan fingerprint density at radius 2 is 1.97 bits per heavy atom. The third-order valence-electron chi connectivity index (χ3n) is 6.81. The number of rotatable bonds is 7. The summed E-state index contributed by atoms with van der Waals surface area (Å²) in [5.74, 6) is 0.167. The normalized spacial score (nSPS) is 15.7. The standard InChI is InChI=1S/C26H26N6O4S/c1-15(18-7-8-18)32-14-20-10-19(22-12-24(28-16(2)33)29-31(22)3)11-23(25(20)26(32)34)37(35,36)30-21-6-4-5-17(9-21)13-27/h4-6,9-12,15,18,30H,7-8,14H2,1-3H3,(H,28,29,33). The summed E-state index contributed by atoms with van der Waals surface area (Å²) in [6.45, 7) is 3.69. The maximum atomic E-state index is 13.7. The molecular formula is C26H26N6O4S. The molecule has 37 heavy (non-hydrogen) atoms. The molecule has 10 nitrogen and oxygen atoms in total. The van der Waals surface area contributed by atoms with Gasteiger partial charge in [-0.2, -0.15) is 10.4 Å². The molecule has 1 aliphatic heterocycles. The van der Waals surface area contributed by atoms with Gasteiger partial charge in [0.1, 0.15) is 4.90 Å². The zero-order chi connectivity index (χ0) is 26.5. The number of hydrogen-bond donors (Lipinski definition) is 2. The number of anilines is 2. The van der Waals surface area contributed by atoms with Crippen LogP contribution in [0.1, 0.15) is 48.2 Å². The third-order valence-corrected chi connectivity index (χ3v) is 8.21. The number of hydrogen-bond acceptors (Lipinski definition) is 6. The molecule has 2 aliphatic rings. The van der Waals surface area contributed by atoms with Crippen LogP contribution in [0.4, 0.5) is 11.5 Å². The van der Waals surface area contributed by atoms with Crippen molar-refractivity contribution in [3.63, 3.8) is 0 Å². The number of carbonyl (C=O) groups is 2. The Hall–Kier alpha value is -4.17. The predicted molar refractivity (Wildman–Crippen MR) is 137 cm³/mol. The minimum atomic E-state index is -4.21. The summed E-state index contributed by atoms with van der Waals surface area (Å²) in [7, 11) is -2.52. The second-order valence-corrected chi connectivity index (χ2v) is 11.2. The van der Waals surface area contributed by atoms with Crippen LogP contribution in [0, 0.1) is 17.2 Å². The summed E-state index contributed by atoms with van der Waals surface area (Å²) in [6, 6.07) is 13.1. The first-order chi connectivity index (χ1) is 17.6. The van der Waals surface area contributed by atoms with Gasteiger partial charge in [-0.25, -0.2) is 8.42 Å². The lowest BCUT2D eigenvalue weighted by molar-refractivity contribution is -0.114. The first-order valence-electron chi connectivity index (χ1n) is 11.9. The highest BCUT2D eigenvalue weighted by atomic mass is 32.2. The number of nitriles is 1. The quantitative estimate of drug-likeness (QED) is 0.491. The molecule has 2 N–H and O–H groups in total. The van der Waals surface area contributed by atoms with Crippen molar-refractivity contribution in [2.45, 2.75) is 44.2 Å². The van der Waals surface area contributed by atoms with Crippen molar-refractivity contribution in [2.75, 3.05) is 10.0 Å². The Kier molecular flexibility index (Phi) is 6.00. The number of fused-ring (bicyclic) bond motifs is 1. The number of carbonyl (C=O) groups excluding carboxylic acids is 2. The van der Waals surface area contributed by atoms with Crippen LogP contribution in [0.15, 0.2) is 47.4 Å². The van der Waals surface area contributed by atoms with Gasteiger partial charge in [0, 0.05) is 38.2 Å². The highest BCUT2D eigenvalue weighted by molar-refractivity contribution is 7.92. The van der Waals surface area contributed by atoms with Crippen molar-refractivity contribution < 1.29 is 18.0 Å². The summed E-state index contributed by atoms with van der Waals surface area (Å²) in [5.41, 5.74) is 2.43. The number of benzene rings is 2. The van der Waals surface area contributed by atoms with Gasteiger partial charge in [-0.3, -0.25) is 19.0 Å². The molecule has 2 heterocycles. The van der Waals surface area contributed by atoms with Crippen LogP contribution < -0.4 is 10.0 Å². The molecule has 1 aliphatic carbocycles. The minimum Gasteiger partial charge on any atom is -0.331 e. The number of nitrogens with zero attached hydrogens (tertiary/aromatic N) is 4. The number of nitrogens with one attached hydrogen (secondary N) is 2. The average Bonchev–Trinajstić information content (AvgIpc) is 3.56. The van der Waals surface area contributed by atoms with E-state index in [2.05, 4.69) is 15.1 Å². The van der Waals surface area contributed by atoms with Gasteiger partial charge in [0.15, 0.2) is 5.82 Å². The minimum absolute atomic E-state index is 0.00208. The highest BCUT2D eigenvalue weighted by Gasteiger charge is 2.41. The molecule has 1 saturated carbocycles. The lowest BCUT2D eigenvalue weighted by atomic mass is 10.0. The molecule has 1 atom stereocenters. The largest absolute Gasteiger partial charge is 0.331 e. The fourth-order valence-corrected chi connectivity index (χ4v) is 6.12. The van der Waals surface area contributed by atoms with Gasteiger partial charge in [-0.05, 0) is 61.6 Å². The molecule has 190 valence electrons. The monoisotopic (exact) mass is 518 g/mol. The zero-order valence-corrected chi connectivity index (χ0v) is 21.5. The molecule has 5 rings (SSSR count). The first-order valence-corrected chi connectivity index (χ1v) is 13.4. The van der Waals surface area contributed by atoms with Gasteiger partial charge in [0.2, 0.25) is 5.91 Å². The zero-order valence-electron chi connectivity index (χ0n) is 20.6. The van der Waals surface area contributed by atoms with E-state index in [4.69, 9.17) is 0 Å². The Labute approximate surface area is 214 Å². The van der Waals surface area contributed by atoms with Gasteiger partial charge < -0.3 is 10.2 Å². The number of amides is 2. The molecule has 1 fully saturated rings. The fourth-order valence-electron chi connectivity index (χ4n) is 4.80. The molecule has 0 radical (unpaired) electrons. The molecule has 2 amide bonds. The number of sulfonamides is 1. The molecule has 2 aromatic carbocycles. The van der Waals surface area contributed by atoms with E-state index in [1.807, 2.05) is 19.1 Å². The van der Waals surface area contributed by atoms with E-state index in [0.29, 0.717) is 40.7 Å². The average molecular weight is 519 g/mol. The smallest absolute Gasteiger partial charge is 0.262 e. The van der Waals surface area contributed by atoms with Gasteiger partial charge in [-0.1, -0.05) is 6.07 Å². The van der Waals surface area contributed by atoms with E-state index >= 15 is 0 Å². The van der Waals surface area contributed by atoms with E-state index in [1.54, 1.807) is 40.9 Å². The van der Waals surface area contributed by atoms with Crippen molar-refractivity contribution in [3.05, 3.63) is 59.2 Å². The van der Waals surface area contributed by atoms with Crippen LogP contribution >= 0.6 is 0 Å². The molecule has 0 spiro atoms. The molecule has 11 heteroatoms. The van der Waals surface area contributed by atoms with Crippen molar-refractivity contribution in [1.82, 2.24) is 14.7 Å². The number of aromatic nitrogens is 2.